The standard InChI is InChI=1S/C22H18ClN3O3S/c1-14-13-30-22-25-21(27)17(20(24)26(14)22)11-15-7-8-19(18(23)12-15)29-10-9-28-16-5-3-2-4-6-16/h2-8,11-13,24H,9-10H2,1H3/b17-11+,24-20?. The summed E-state index contributed by atoms with van der Waals surface area (Å²) in [7, 11) is 0. The number of para-hydroxylation sites is 1. The minimum Gasteiger partial charge on any atom is -0.490 e. The van der Waals surface area contributed by atoms with Gasteiger partial charge in [0.2, 0.25) is 0 Å². The number of benzene rings is 2. The van der Waals surface area contributed by atoms with E-state index in [1.54, 1.807) is 29.2 Å². The molecule has 0 saturated carbocycles. The zero-order chi connectivity index (χ0) is 21.1. The predicted molar refractivity (Wildman–Crippen MR) is 120 cm³/mol. The number of hydrogen-bond acceptors (Lipinski definition) is 5. The van der Waals surface area contributed by atoms with Gasteiger partial charge in [0, 0.05) is 5.70 Å². The van der Waals surface area contributed by atoms with E-state index in [1.807, 2.05) is 42.7 Å². The van der Waals surface area contributed by atoms with Crippen molar-refractivity contribution in [1.29, 1.82) is 5.41 Å². The zero-order valence-corrected chi connectivity index (χ0v) is 17.7. The average molecular weight is 440 g/mol. The van der Waals surface area contributed by atoms with Crippen molar-refractivity contribution in [3.05, 3.63) is 75.8 Å². The van der Waals surface area contributed by atoms with Crippen LogP contribution in [0.25, 0.3) is 6.08 Å². The molecule has 0 unspecified atom stereocenters. The summed E-state index contributed by atoms with van der Waals surface area (Å²) in [5, 5.41) is 11.2. The van der Waals surface area contributed by atoms with Crippen LogP contribution in [0, 0.1) is 5.41 Å². The molecular weight excluding hydrogens is 422 g/mol. The molecule has 1 amide bonds. The lowest BCUT2D eigenvalue weighted by Crippen LogP contribution is -2.37. The van der Waals surface area contributed by atoms with Crippen LogP contribution in [0.4, 0.5) is 0 Å². The van der Waals surface area contributed by atoms with Crippen molar-refractivity contribution < 1.29 is 14.3 Å². The topological polar surface area (TPSA) is 75.0 Å². The van der Waals surface area contributed by atoms with Gasteiger partial charge in [-0.15, -0.1) is 0 Å². The van der Waals surface area contributed by atoms with Crippen LogP contribution in [0.5, 0.6) is 11.5 Å². The van der Waals surface area contributed by atoms with Crippen LogP contribution in [-0.4, -0.2) is 35.0 Å². The number of carbonyl (C=O) groups is 1. The van der Waals surface area contributed by atoms with E-state index in [0.717, 1.165) is 11.4 Å². The number of ether oxygens (including phenoxy) is 2. The van der Waals surface area contributed by atoms with Crippen molar-refractivity contribution in [1.82, 2.24) is 4.90 Å². The normalized spacial score (nSPS) is 17.0. The number of amides is 1. The lowest BCUT2D eigenvalue weighted by molar-refractivity contribution is -0.114. The number of nitrogens with zero attached hydrogens (tertiary/aromatic N) is 2. The molecule has 0 bridgehead atoms. The maximum absolute atomic E-state index is 12.4. The highest BCUT2D eigenvalue weighted by Crippen LogP contribution is 2.32. The maximum atomic E-state index is 12.4. The van der Waals surface area contributed by atoms with Gasteiger partial charge in [0.15, 0.2) is 5.17 Å². The number of nitrogens with one attached hydrogen (secondary N) is 1. The van der Waals surface area contributed by atoms with Crippen LogP contribution in [0.1, 0.15) is 12.5 Å². The van der Waals surface area contributed by atoms with Gasteiger partial charge < -0.3 is 9.47 Å². The lowest BCUT2D eigenvalue weighted by Gasteiger charge is -2.25. The summed E-state index contributed by atoms with van der Waals surface area (Å²) in [4.78, 5) is 18.1. The quantitative estimate of drug-likeness (QED) is 0.508. The smallest absolute Gasteiger partial charge is 0.283 e. The average Bonchev–Trinajstić information content (AvgIpc) is 3.11. The Labute approximate surface area is 183 Å². The van der Waals surface area contributed by atoms with E-state index < -0.39 is 5.91 Å². The summed E-state index contributed by atoms with van der Waals surface area (Å²) < 4.78 is 11.3. The fraction of sp³-hybridized carbons (Fsp3) is 0.136. The van der Waals surface area contributed by atoms with E-state index in [4.69, 9.17) is 26.5 Å². The van der Waals surface area contributed by atoms with Gasteiger partial charge in [-0.05, 0) is 48.2 Å². The van der Waals surface area contributed by atoms with E-state index in [0.29, 0.717) is 34.7 Å². The Hall–Kier alpha value is -3.03. The molecule has 0 aliphatic carbocycles. The zero-order valence-electron chi connectivity index (χ0n) is 16.1. The van der Waals surface area contributed by atoms with Crippen LogP contribution < -0.4 is 9.47 Å². The Kier molecular flexibility index (Phi) is 5.92. The molecule has 2 aliphatic rings. The van der Waals surface area contributed by atoms with Gasteiger partial charge in [-0.2, -0.15) is 4.99 Å². The predicted octanol–water partition coefficient (Wildman–Crippen LogP) is 4.96. The number of aliphatic imine (C=N–C) groups is 1. The van der Waals surface area contributed by atoms with E-state index in [1.165, 1.54) is 11.8 Å². The highest BCUT2D eigenvalue weighted by atomic mass is 35.5. The molecule has 6 nitrogen and oxygen atoms in total. The summed E-state index contributed by atoms with van der Waals surface area (Å²) in [6.07, 6.45) is 1.62. The first-order valence-electron chi connectivity index (χ1n) is 9.20. The number of amidine groups is 2. The number of carbonyl (C=O) groups excluding carboxylic acids is 1. The first kappa shape index (κ1) is 20.3. The molecule has 2 aliphatic heterocycles. The van der Waals surface area contributed by atoms with Crippen molar-refractivity contribution in [2.75, 3.05) is 13.2 Å². The Morgan fingerprint density at radius 1 is 1.17 bits per heavy atom. The van der Waals surface area contributed by atoms with Gasteiger partial charge in [-0.25, -0.2) is 0 Å². The van der Waals surface area contributed by atoms with Gasteiger partial charge in [-0.3, -0.25) is 15.1 Å². The molecule has 4 rings (SSSR count). The third-order valence-corrected chi connectivity index (χ3v) is 5.64. The summed E-state index contributed by atoms with van der Waals surface area (Å²) in [5.74, 6) is 0.978. The summed E-state index contributed by atoms with van der Waals surface area (Å²) in [5.41, 5.74) is 1.77. The first-order valence-corrected chi connectivity index (χ1v) is 10.5. The molecule has 0 saturated heterocycles. The van der Waals surface area contributed by atoms with Gasteiger partial charge in [0.05, 0.1) is 10.6 Å². The molecule has 0 radical (unpaired) electrons. The highest BCUT2D eigenvalue weighted by molar-refractivity contribution is 8.16. The van der Waals surface area contributed by atoms with Crippen LogP contribution in [0.3, 0.4) is 0 Å². The molecule has 0 fully saturated rings. The molecule has 30 heavy (non-hydrogen) atoms. The molecule has 0 aromatic heterocycles. The van der Waals surface area contributed by atoms with E-state index >= 15 is 0 Å². The van der Waals surface area contributed by atoms with Crippen LogP contribution in [0.2, 0.25) is 5.02 Å². The number of halogens is 1. The molecule has 0 spiro atoms. The lowest BCUT2D eigenvalue weighted by atomic mass is 10.1. The Morgan fingerprint density at radius 3 is 2.70 bits per heavy atom. The van der Waals surface area contributed by atoms with Gasteiger partial charge in [0.1, 0.15) is 30.5 Å². The van der Waals surface area contributed by atoms with E-state index in [9.17, 15) is 4.79 Å². The van der Waals surface area contributed by atoms with Crippen LogP contribution in [0.15, 0.2) is 70.2 Å². The summed E-state index contributed by atoms with van der Waals surface area (Å²) >= 11 is 7.68. The minimum absolute atomic E-state index is 0.109. The summed E-state index contributed by atoms with van der Waals surface area (Å²) in [6, 6.07) is 14.7. The number of fused-ring (bicyclic) bond motifs is 1. The second-order valence-electron chi connectivity index (χ2n) is 6.52. The van der Waals surface area contributed by atoms with Crippen LogP contribution >= 0.6 is 23.4 Å². The van der Waals surface area contributed by atoms with Gasteiger partial charge in [-0.1, -0.05) is 47.6 Å². The van der Waals surface area contributed by atoms with E-state index in [2.05, 4.69) is 4.99 Å². The molecule has 1 N–H and O–H groups in total. The Bertz CT molecular complexity index is 1100. The SMILES string of the molecule is CC1=CSC2=NC(=O)/C(=C/c3ccc(OCCOc4ccccc4)c(Cl)c3)C(=N)N12. The molecule has 2 aromatic rings. The molecule has 0 atom stereocenters. The first-order chi connectivity index (χ1) is 14.5. The number of allylic oxidation sites excluding steroid dienone is 1. The van der Waals surface area contributed by atoms with Crippen molar-refractivity contribution >= 4 is 46.3 Å². The second-order valence-corrected chi connectivity index (χ2v) is 7.76. The fourth-order valence-corrected chi connectivity index (χ4v) is 4.06. The molecule has 2 aromatic carbocycles. The number of hydrogen-bond donors (Lipinski definition) is 1. The monoisotopic (exact) mass is 439 g/mol. The van der Waals surface area contributed by atoms with Crippen molar-refractivity contribution in [3.8, 4) is 11.5 Å². The summed E-state index contributed by atoms with van der Waals surface area (Å²) in [6.45, 7) is 2.61. The highest BCUT2D eigenvalue weighted by Gasteiger charge is 2.33. The fourth-order valence-electron chi connectivity index (χ4n) is 2.96. The number of rotatable bonds is 6. The van der Waals surface area contributed by atoms with Crippen molar-refractivity contribution in [2.24, 2.45) is 4.99 Å². The molecule has 2 heterocycles. The Morgan fingerprint density at radius 2 is 1.93 bits per heavy atom. The maximum Gasteiger partial charge on any atom is 0.283 e. The molecule has 8 heteroatoms. The van der Waals surface area contributed by atoms with Crippen molar-refractivity contribution in [2.45, 2.75) is 6.92 Å². The van der Waals surface area contributed by atoms with Crippen molar-refractivity contribution in [3.63, 3.8) is 0 Å². The molecular formula is C22H18ClN3O3S. The molecule has 152 valence electrons. The third-order valence-electron chi connectivity index (χ3n) is 4.40. The Balaban J connectivity index is 1.42. The number of thioether (sulfide) groups is 1. The largest absolute Gasteiger partial charge is 0.490 e. The third kappa shape index (κ3) is 4.27. The van der Waals surface area contributed by atoms with Crippen LogP contribution in [-0.2, 0) is 4.79 Å². The minimum atomic E-state index is -0.434. The van der Waals surface area contributed by atoms with Gasteiger partial charge in [0.25, 0.3) is 5.91 Å². The van der Waals surface area contributed by atoms with Gasteiger partial charge >= 0.3 is 0 Å². The van der Waals surface area contributed by atoms with E-state index in [-0.39, 0.29) is 11.4 Å². The second kappa shape index (κ2) is 8.77.